The zero-order valence-electron chi connectivity index (χ0n) is 14.0. The van der Waals surface area contributed by atoms with Gasteiger partial charge in [-0.15, -0.1) is 0 Å². The van der Waals surface area contributed by atoms with Crippen molar-refractivity contribution in [1.29, 1.82) is 0 Å². The maximum atomic E-state index is 5.85. The minimum Gasteiger partial charge on any atom is -0.377 e. The van der Waals surface area contributed by atoms with E-state index >= 15 is 0 Å². The van der Waals surface area contributed by atoms with Crippen LogP contribution in [0.25, 0.3) is 0 Å². The molecule has 0 aromatic carbocycles. The minimum atomic E-state index is 0.428. The van der Waals surface area contributed by atoms with Crippen LogP contribution in [0.3, 0.4) is 0 Å². The quantitative estimate of drug-likeness (QED) is 0.561. The van der Waals surface area contributed by atoms with Crippen molar-refractivity contribution in [1.82, 2.24) is 0 Å². The topological polar surface area (TPSA) is 9.23 Å². The Bertz CT molecular complexity index is 502. The number of hydrogen-bond acceptors (Lipinski definition) is 1. The summed E-state index contributed by atoms with van der Waals surface area (Å²) in [5, 5.41) is 0. The zero-order chi connectivity index (χ0) is 14.7. The molecule has 0 radical (unpaired) electrons. The Morgan fingerprint density at radius 3 is 2.76 bits per heavy atom. The lowest BCUT2D eigenvalue weighted by Gasteiger charge is -2.55. The van der Waals surface area contributed by atoms with E-state index in [1.165, 1.54) is 38.5 Å². The normalized spacial score (nSPS) is 49.4. The van der Waals surface area contributed by atoms with Crippen LogP contribution in [0.5, 0.6) is 0 Å². The van der Waals surface area contributed by atoms with Gasteiger partial charge in [-0.25, -0.2) is 0 Å². The van der Waals surface area contributed by atoms with Gasteiger partial charge in [0.1, 0.15) is 0 Å². The molecule has 1 saturated carbocycles. The van der Waals surface area contributed by atoms with Crippen LogP contribution in [-0.2, 0) is 4.74 Å². The fourth-order valence-electron chi connectivity index (χ4n) is 6.23. The van der Waals surface area contributed by atoms with E-state index in [1.807, 2.05) is 0 Å². The van der Waals surface area contributed by atoms with Crippen LogP contribution in [-0.4, -0.2) is 13.2 Å². The Labute approximate surface area is 129 Å². The first kappa shape index (κ1) is 14.1. The Balaban J connectivity index is 1.69. The molecule has 1 nitrogen and oxygen atoms in total. The molecule has 0 spiro atoms. The molecular formula is C20H30O. The number of fused-ring (bicyclic) bond motifs is 5. The van der Waals surface area contributed by atoms with Gasteiger partial charge in [-0.1, -0.05) is 31.6 Å². The second kappa shape index (κ2) is 4.72. The van der Waals surface area contributed by atoms with Crippen molar-refractivity contribution < 1.29 is 4.74 Å². The van der Waals surface area contributed by atoms with Gasteiger partial charge in [-0.2, -0.15) is 0 Å². The average molecular weight is 286 g/mol. The molecule has 1 heterocycles. The van der Waals surface area contributed by atoms with Crippen molar-refractivity contribution in [3.05, 3.63) is 23.3 Å². The summed E-state index contributed by atoms with van der Waals surface area (Å²) in [5.41, 5.74) is 4.24. The molecule has 2 fully saturated rings. The van der Waals surface area contributed by atoms with E-state index in [1.54, 1.807) is 11.1 Å². The molecule has 4 rings (SSSR count). The Morgan fingerprint density at radius 1 is 1.05 bits per heavy atom. The molecule has 0 bridgehead atoms. The summed E-state index contributed by atoms with van der Waals surface area (Å²) in [6.45, 7) is 9.35. The van der Waals surface area contributed by atoms with E-state index < -0.39 is 0 Å². The maximum absolute atomic E-state index is 5.85. The number of allylic oxidation sites excluding steroid dienone is 3. The predicted octanol–water partition coefficient (Wildman–Crippen LogP) is 5.13. The molecule has 21 heavy (non-hydrogen) atoms. The van der Waals surface area contributed by atoms with Gasteiger partial charge < -0.3 is 4.74 Å². The second-order valence-electron chi connectivity index (χ2n) is 8.49. The number of rotatable bonds is 0. The molecular weight excluding hydrogens is 256 g/mol. The summed E-state index contributed by atoms with van der Waals surface area (Å²) in [7, 11) is 0. The molecule has 4 aliphatic rings. The standard InChI is InChI=1S/C20H30O/c1-14-5-8-17-16-7-6-15-13-21-12-4-10-20(15,3)18(16)9-11-19(14,17)2/h5-6,16-18H,4,7-13H2,1-3H3/t16-,17-,18-,19+,20-/m0/s1. The smallest absolute Gasteiger partial charge is 0.0682 e. The van der Waals surface area contributed by atoms with Crippen LogP contribution in [0.2, 0.25) is 0 Å². The predicted molar refractivity (Wildman–Crippen MR) is 87.0 cm³/mol. The first-order valence-electron chi connectivity index (χ1n) is 9.00. The monoisotopic (exact) mass is 286 g/mol. The minimum absolute atomic E-state index is 0.428. The van der Waals surface area contributed by atoms with Crippen molar-refractivity contribution in [3.8, 4) is 0 Å². The van der Waals surface area contributed by atoms with E-state index in [4.69, 9.17) is 4.74 Å². The van der Waals surface area contributed by atoms with Crippen LogP contribution in [0, 0.1) is 28.6 Å². The van der Waals surface area contributed by atoms with Crippen LogP contribution < -0.4 is 0 Å². The van der Waals surface area contributed by atoms with Crippen LogP contribution in [0.1, 0.15) is 59.3 Å². The van der Waals surface area contributed by atoms with Gasteiger partial charge in [0, 0.05) is 6.61 Å². The lowest BCUT2D eigenvalue weighted by Crippen LogP contribution is -2.48. The second-order valence-corrected chi connectivity index (χ2v) is 8.49. The van der Waals surface area contributed by atoms with Crippen molar-refractivity contribution in [2.45, 2.75) is 59.3 Å². The number of hydrogen-bond donors (Lipinski definition) is 0. The Kier molecular flexibility index (Phi) is 3.16. The molecule has 0 aromatic rings. The molecule has 0 unspecified atom stereocenters. The van der Waals surface area contributed by atoms with Crippen molar-refractivity contribution >= 4 is 0 Å². The SMILES string of the molecule is CC1=CC[C@H]2[C@@H]3CC=C4COCCC[C@]4(C)[C@H]3CC[C@]12C. The molecule has 116 valence electrons. The lowest BCUT2D eigenvalue weighted by atomic mass is 9.49. The molecule has 1 heteroatoms. The Morgan fingerprint density at radius 2 is 1.90 bits per heavy atom. The highest BCUT2D eigenvalue weighted by Gasteiger charge is 2.55. The van der Waals surface area contributed by atoms with Crippen LogP contribution >= 0.6 is 0 Å². The van der Waals surface area contributed by atoms with Gasteiger partial charge in [-0.3, -0.25) is 0 Å². The molecule has 1 aliphatic heterocycles. The highest BCUT2D eigenvalue weighted by Crippen LogP contribution is 2.63. The molecule has 3 aliphatic carbocycles. The van der Waals surface area contributed by atoms with E-state index in [0.29, 0.717) is 10.8 Å². The van der Waals surface area contributed by atoms with Gasteiger partial charge in [0.15, 0.2) is 0 Å². The highest BCUT2D eigenvalue weighted by molar-refractivity contribution is 5.28. The highest BCUT2D eigenvalue weighted by atomic mass is 16.5. The molecule has 0 amide bonds. The van der Waals surface area contributed by atoms with Gasteiger partial charge in [-0.05, 0) is 79.6 Å². The van der Waals surface area contributed by atoms with Gasteiger partial charge in [0.05, 0.1) is 6.61 Å². The lowest BCUT2D eigenvalue weighted by molar-refractivity contribution is -0.0105. The third-order valence-electron chi connectivity index (χ3n) is 7.84. The fourth-order valence-corrected chi connectivity index (χ4v) is 6.23. The van der Waals surface area contributed by atoms with E-state index in [2.05, 4.69) is 32.9 Å². The van der Waals surface area contributed by atoms with Gasteiger partial charge in [0.2, 0.25) is 0 Å². The fraction of sp³-hybridized carbons (Fsp3) is 0.800. The summed E-state index contributed by atoms with van der Waals surface area (Å²) in [6, 6.07) is 0. The summed E-state index contributed by atoms with van der Waals surface area (Å²) in [6.07, 6.45) is 13.2. The first-order valence-corrected chi connectivity index (χ1v) is 9.00. The van der Waals surface area contributed by atoms with Gasteiger partial charge >= 0.3 is 0 Å². The summed E-state index contributed by atoms with van der Waals surface area (Å²) < 4.78 is 5.85. The van der Waals surface area contributed by atoms with Crippen molar-refractivity contribution in [2.75, 3.05) is 13.2 Å². The maximum Gasteiger partial charge on any atom is 0.0682 e. The third kappa shape index (κ3) is 1.86. The van der Waals surface area contributed by atoms with Crippen molar-refractivity contribution in [2.24, 2.45) is 28.6 Å². The zero-order valence-corrected chi connectivity index (χ0v) is 14.0. The summed E-state index contributed by atoms with van der Waals surface area (Å²) in [5.74, 6) is 2.70. The van der Waals surface area contributed by atoms with E-state index in [9.17, 15) is 0 Å². The molecule has 1 saturated heterocycles. The van der Waals surface area contributed by atoms with Crippen LogP contribution in [0.15, 0.2) is 23.3 Å². The largest absolute Gasteiger partial charge is 0.377 e. The van der Waals surface area contributed by atoms with E-state index in [0.717, 1.165) is 31.0 Å². The van der Waals surface area contributed by atoms with E-state index in [-0.39, 0.29) is 0 Å². The molecule has 0 N–H and O–H groups in total. The third-order valence-corrected chi connectivity index (χ3v) is 7.84. The molecule has 5 atom stereocenters. The number of ether oxygens (including phenoxy) is 1. The Hall–Kier alpha value is -0.560. The van der Waals surface area contributed by atoms with Gasteiger partial charge in [0.25, 0.3) is 0 Å². The average Bonchev–Trinajstić information content (AvgIpc) is 2.65. The van der Waals surface area contributed by atoms with Crippen molar-refractivity contribution in [3.63, 3.8) is 0 Å². The summed E-state index contributed by atoms with van der Waals surface area (Å²) >= 11 is 0. The molecule has 0 aromatic heterocycles. The first-order chi connectivity index (χ1) is 10.1. The van der Waals surface area contributed by atoms with Crippen LogP contribution in [0.4, 0.5) is 0 Å². The summed E-state index contributed by atoms with van der Waals surface area (Å²) in [4.78, 5) is 0.